The lowest BCUT2D eigenvalue weighted by molar-refractivity contribution is 0.112. The second-order valence-electron chi connectivity index (χ2n) is 3.32. The van der Waals surface area contributed by atoms with Crippen molar-refractivity contribution in [2.45, 2.75) is 0 Å². The second-order valence-corrected chi connectivity index (χ2v) is 3.32. The molecular formula is C11H11NO. The first-order valence-corrected chi connectivity index (χ1v) is 4.26. The van der Waals surface area contributed by atoms with E-state index in [9.17, 15) is 4.79 Å². The van der Waals surface area contributed by atoms with Gasteiger partial charge in [0, 0.05) is 24.3 Å². The highest BCUT2D eigenvalue weighted by atomic mass is 16.1. The fourth-order valence-corrected chi connectivity index (χ4v) is 1.44. The maximum Gasteiger partial charge on any atom is 0.150 e. The lowest BCUT2D eigenvalue weighted by atomic mass is 10.1. The van der Waals surface area contributed by atoms with Crippen molar-refractivity contribution in [1.29, 1.82) is 0 Å². The zero-order valence-corrected chi connectivity index (χ0v) is 7.36. The van der Waals surface area contributed by atoms with Gasteiger partial charge in [-0.05, 0) is 29.8 Å². The standard InChI is InChI=1S/C11H11NO/c1-9-6-12(7-9)11-4-2-10(8-13)3-5-11/h2-5,8H,1,6-7H2. The normalized spacial score (nSPS) is 15.4. The minimum Gasteiger partial charge on any atom is -0.363 e. The van der Waals surface area contributed by atoms with E-state index in [0.717, 1.165) is 30.6 Å². The van der Waals surface area contributed by atoms with Gasteiger partial charge in [-0.3, -0.25) is 4.79 Å². The van der Waals surface area contributed by atoms with Crippen LogP contribution in [0.25, 0.3) is 0 Å². The molecule has 0 aliphatic carbocycles. The monoisotopic (exact) mass is 173 g/mol. The number of aldehydes is 1. The van der Waals surface area contributed by atoms with Gasteiger partial charge in [0.1, 0.15) is 6.29 Å². The molecule has 66 valence electrons. The summed E-state index contributed by atoms with van der Waals surface area (Å²) in [5, 5.41) is 0. The minimum absolute atomic E-state index is 0.725. The van der Waals surface area contributed by atoms with Crippen molar-refractivity contribution < 1.29 is 4.79 Å². The van der Waals surface area contributed by atoms with E-state index in [2.05, 4.69) is 11.5 Å². The van der Waals surface area contributed by atoms with Crippen molar-refractivity contribution >= 4 is 12.0 Å². The van der Waals surface area contributed by atoms with Gasteiger partial charge in [-0.2, -0.15) is 0 Å². The number of carbonyl (C=O) groups is 1. The number of hydrogen-bond donors (Lipinski definition) is 0. The summed E-state index contributed by atoms with van der Waals surface area (Å²) in [4.78, 5) is 12.6. The molecule has 2 heteroatoms. The molecule has 2 rings (SSSR count). The van der Waals surface area contributed by atoms with Gasteiger partial charge in [-0.1, -0.05) is 6.58 Å². The Morgan fingerprint density at radius 2 is 1.85 bits per heavy atom. The number of anilines is 1. The summed E-state index contributed by atoms with van der Waals surface area (Å²) in [7, 11) is 0. The van der Waals surface area contributed by atoms with Crippen LogP contribution in [0.5, 0.6) is 0 Å². The molecule has 1 aliphatic rings. The summed E-state index contributed by atoms with van der Waals surface area (Å²) in [6.07, 6.45) is 0.860. The first kappa shape index (κ1) is 8.05. The lowest BCUT2D eigenvalue weighted by Gasteiger charge is -2.35. The van der Waals surface area contributed by atoms with Crippen LogP contribution in [-0.2, 0) is 0 Å². The quantitative estimate of drug-likeness (QED) is 0.502. The van der Waals surface area contributed by atoms with Gasteiger partial charge in [-0.25, -0.2) is 0 Å². The Labute approximate surface area is 77.5 Å². The van der Waals surface area contributed by atoms with Gasteiger partial charge < -0.3 is 4.90 Å². The maximum atomic E-state index is 10.4. The van der Waals surface area contributed by atoms with E-state index in [0.29, 0.717) is 0 Å². The van der Waals surface area contributed by atoms with Crippen LogP contribution >= 0.6 is 0 Å². The Bertz CT molecular complexity index is 332. The second kappa shape index (κ2) is 3.05. The van der Waals surface area contributed by atoms with Crippen molar-refractivity contribution in [3.8, 4) is 0 Å². The Hall–Kier alpha value is -1.57. The number of hydrogen-bond acceptors (Lipinski definition) is 2. The van der Waals surface area contributed by atoms with E-state index in [1.54, 1.807) is 0 Å². The van der Waals surface area contributed by atoms with Crippen molar-refractivity contribution in [3.63, 3.8) is 0 Å². The third-order valence-corrected chi connectivity index (χ3v) is 2.22. The molecule has 0 spiro atoms. The third-order valence-electron chi connectivity index (χ3n) is 2.22. The number of nitrogens with zero attached hydrogens (tertiary/aromatic N) is 1. The topological polar surface area (TPSA) is 20.3 Å². The largest absolute Gasteiger partial charge is 0.363 e. The Morgan fingerprint density at radius 3 is 2.31 bits per heavy atom. The summed E-state index contributed by atoms with van der Waals surface area (Å²) in [6.45, 7) is 5.76. The predicted molar refractivity (Wildman–Crippen MR) is 53.2 cm³/mol. The van der Waals surface area contributed by atoms with Crippen LogP contribution in [-0.4, -0.2) is 19.4 Å². The number of benzene rings is 1. The molecule has 1 fully saturated rings. The molecule has 13 heavy (non-hydrogen) atoms. The molecular weight excluding hydrogens is 162 g/mol. The smallest absolute Gasteiger partial charge is 0.150 e. The summed E-state index contributed by atoms with van der Waals surface area (Å²) < 4.78 is 0. The molecule has 0 bridgehead atoms. The molecule has 0 radical (unpaired) electrons. The predicted octanol–water partition coefficient (Wildman–Crippen LogP) is 1.88. The highest BCUT2D eigenvalue weighted by Gasteiger charge is 2.17. The van der Waals surface area contributed by atoms with E-state index in [1.807, 2.05) is 24.3 Å². The highest BCUT2D eigenvalue weighted by Crippen LogP contribution is 2.22. The maximum absolute atomic E-state index is 10.4. The number of rotatable bonds is 2. The molecule has 0 amide bonds. The van der Waals surface area contributed by atoms with Crippen LogP contribution in [0.4, 0.5) is 5.69 Å². The fraction of sp³-hybridized carbons (Fsp3) is 0.182. The van der Waals surface area contributed by atoms with Crippen molar-refractivity contribution in [2.75, 3.05) is 18.0 Å². The Morgan fingerprint density at radius 1 is 1.23 bits per heavy atom. The number of carbonyl (C=O) groups excluding carboxylic acids is 1. The van der Waals surface area contributed by atoms with Crippen LogP contribution in [0, 0.1) is 0 Å². The van der Waals surface area contributed by atoms with Crippen LogP contribution < -0.4 is 4.90 Å². The molecule has 0 unspecified atom stereocenters. The minimum atomic E-state index is 0.725. The van der Waals surface area contributed by atoms with Crippen molar-refractivity contribution in [2.24, 2.45) is 0 Å². The van der Waals surface area contributed by atoms with Crippen LogP contribution in [0.1, 0.15) is 10.4 Å². The average Bonchev–Trinajstić information content (AvgIpc) is 2.13. The summed E-state index contributed by atoms with van der Waals surface area (Å²) in [5.74, 6) is 0. The molecule has 0 N–H and O–H groups in total. The van der Waals surface area contributed by atoms with E-state index in [-0.39, 0.29) is 0 Å². The average molecular weight is 173 g/mol. The first-order valence-electron chi connectivity index (χ1n) is 4.26. The Balaban J connectivity index is 2.14. The zero-order chi connectivity index (χ0) is 9.26. The summed E-state index contributed by atoms with van der Waals surface area (Å²) in [5.41, 5.74) is 3.15. The zero-order valence-electron chi connectivity index (χ0n) is 7.36. The molecule has 0 atom stereocenters. The molecule has 0 saturated carbocycles. The van der Waals surface area contributed by atoms with Crippen LogP contribution in [0.3, 0.4) is 0 Å². The molecule has 1 aliphatic heterocycles. The molecule has 1 aromatic rings. The SMILES string of the molecule is C=C1CN(c2ccc(C=O)cc2)C1. The van der Waals surface area contributed by atoms with Crippen molar-refractivity contribution in [3.05, 3.63) is 42.0 Å². The molecule has 1 heterocycles. The van der Waals surface area contributed by atoms with Gasteiger partial charge in [0.05, 0.1) is 0 Å². The van der Waals surface area contributed by atoms with E-state index >= 15 is 0 Å². The van der Waals surface area contributed by atoms with Gasteiger partial charge in [0.15, 0.2) is 0 Å². The van der Waals surface area contributed by atoms with E-state index in [4.69, 9.17) is 0 Å². The highest BCUT2D eigenvalue weighted by molar-refractivity contribution is 5.75. The molecule has 1 saturated heterocycles. The third kappa shape index (κ3) is 1.47. The van der Waals surface area contributed by atoms with Gasteiger partial charge >= 0.3 is 0 Å². The fourth-order valence-electron chi connectivity index (χ4n) is 1.44. The summed E-state index contributed by atoms with van der Waals surface area (Å²) in [6, 6.07) is 7.61. The Kier molecular flexibility index (Phi) is 1.89. The van der Waals surface area contributed by atoms with E-state index in [1.165, 1.54) is 5.57 Å². The van der Waals surface area contributed by atoms with Crippen LogP contribution in [0.15, 0.2) is 36.4 Å². The van der Waals surface area contributed by atoms with Gasteiger partial charge in [-0.15, -0.1) is 0 Å². The molecule has 2 nitrogen and oxygen atoms in total. The van der Waals surface area contributed by atoms with Crippen molar-refractivity contribution in [1.82, 2.24) is 0 Å². The first-order chi connectivity index (χ1) is 6.29. The van der Waals surface area contributed by atoms with Crippen LogP contribution in [0.2, 0.25) is 0 Å². The summed E-state index contributed by atoms with van der Waals surface area (Å²) >= 11 is 0. The van der Waals surface area contributed by atoms with Gasteiger partial charge in [0.25, 0.3) is 0 Å². The molecule has 1 aromatic carbocycles. The van der Waals surface area contributed by atoms with Gasteiger partial charge in [0.2, 0.25) is 0 Å². The molecule has 0 aromatic heterocycles. The lowest BCUT2D eigenvalue weighted by Crippen LogP contribution is -2.39. The van der Waals surface area contributed by atoms with E-state index < -0.39 is 0 Å².